The second-order valence-corrected chi connectivity index (χ2v) is 3.50. The summed E-state index contributed by atoms with van der Waals surface area (Å²) < 4.78 is 25.5. The molecule has 2 nitrogen and oxygen atoms in total. The smallest absolute Gasteiger partial charge is 0.251 e. The molecule has 0 radical (unpaired) electrons. The third-order valence-corrected chi connectivity index (χ3v) is 2.20. The molecule has 0 aliphatic heterocycles. The molecule has 1 N–H and O–H groups in total. The Hall–Kier alpha value is -1.16. The lowest BCUT2D eigenvalue weighted by Crippen LogP contribution is -2.33. The van der Waals surface area contributed by atoms with Crippen molar-refractivity contribution in [1.29, 1.82) is 0 Å². The molecule has 0 heterocycles. The Morgan fingerprint density at radius 1 is 1.40 bits per heavy atom. The van der Waals surface area contributed by atoms with E-state index in [1.54, 1.807) is 6.92 Å². The highest BCUT2D eigenvalue weighted by molar-refractivity contribution is 6.18. The number of hydrogen-bond donors (Lipinski definition) is 1. The number of amides is 1. The quantitative estimate of drug-likeness (QED) is 0.798. The molecule has 1 atom stereocenters. The Bertz CT molecular complexity index is 350. The molecule has 1 amide bonds. The number of carbonyl (C=O) groups is 1. The summed E-state index contributed by atoms with van der Waals surface area (Å²) in [5.74, 6) is -1.86. The van der Waals surface area contributed by atoms with Crippen molar-refractivity contribution in [2.75, 3.05) is 5.88 Å². The molecule has 0 fully saturated rings. The Morgan fingerprint density at radius 2 is 1.93 bits per heavy atom. The zero-order valence-corrected chi connectivity index (χ0v) is 8.81. The lowest BCUT2D eigenvalue weighted by Gasteiger charge is -2.10. The second-order valence-electron chi connectivity index (χ2n) is 3.19. The van der Waals surface area contributed by atoms with Gasteiger partial charge in [0.2, 0.25) is 0 Å². The maximum absolute atomic E-state index is 12.8. The first-order chi connectivity index (χ1) is 7.02. The minimum atomic E-state index is -0.779. The molecule has 5 heteroatoms. The van der Waals surface area contributed by atoms with Gasteiger partial charge in [0.1, 0.15) is 11.6 Å². The van der Waals surface area contributed by atoms with E-state index in [-0.39, 0.29) is 17.5 Å². The van der Waals surface area contributed by atoms with E-state index in [9.17, 15) is 13.6 Å². The van der Waals surface area contributed by atoms with Crippen molar-refractivity contribution in [3.8, 4) is 0 Å². The van der Waals surface area contributed by atoms with E-state index in [2.05, 4.69) is 5.32 Å². The zero-order valence-electron chi connectivity index (χ0n) is 8.06. The molecular weight excluding hydrogens is 224 g/mol. The van der Waals surface area contributed by atoms with Crippen molar-refractivity contribution >= 4 is 17.5 Å². The van der Waals surface area contributed by atoms with Gasteiger partial charge in [-0.15, -0.1) is 11.6 Å². The van der Waals surface area contributed by atoms with Crippen LogP contribution in [-0.2, 0) is 0 Å². The summed E-state index contributed by atoms with van der Waals surface area (Å²) in [6.45, 7) is 1.69. The predicted molar refractivity (Wildman–Crippen MR) is 54.0 cm³/mol. The van der Waals surface area contributed by atoms with Gasteiger partial charge in [0, 0.05) is 23.6 Å². The molecular formula is C10H10ClF2NO. The van der Waals surface area contributed by atoms with Gasteiger partial charge >= 0.3 is 0 Å². The molecule has 1 aromatic rings. The fraction of sp³-hybridized carbons (Fsp3) is 0.300. The Balaban J connectivity index is 2.82. The molecule has 1 unspecified atom stereocenters. The van der Waals surface area contributed by atoms with Crippen LogP contribution in [0.1, 0.15) is 17.3 Å². The van der Waals surface area contributed by atoms with Crippen LogP contribution in [0.25, 0.3) is 0 Å². The van der Waals surface area contributed by atoms with Gasteiger partial charge in [0.25, 0.3) is 5.91 Å². The van der Waals surface area contributed by atoms with Crippen molar-refractivity contribution < 1.29 is 13.6 Å². The van der Waals surface area contributed by atoms with Gasteiger partial charge in [-0.2, -0.15) is 0 Å². The minimum Gasteiger partial charge on any atom is -0.348 e. The summed E-state index contributed by atoms with van der Waals surface area (Å²) in [5, 5.41) is 2.50. The van der Waals surface area contributed by atoms with E-state index < -0.39 is 17.5 Å². The molecule has 0 aromatic heterocycles. The van der Waals surface area contributed by atoms with Crippen LogP contribution in [0.4, 0.5) is 8.78 Å². The SMILES string of the molecule is CC(CCl)NC(=O)c1cc(F)cc(F)c1. The highest BCUT2D eigenvalue weighted by atomic mass is 35.5. The first-order valence-corrected chi connectivity index (χ1v) is 4.89. The molecule has 0 spiro atoms. The maximum Gasteiger partial charge on any atom is 0.251 e. The van der Waals surface area contributed by atoms with Crippen LogP contribution in [-0.4, -0.2) is 17.8 Å². The van der Waals surface area contributed by atoms with Crippen LogP contribution in [0, 0.1) is 11.6 Å². The van der Waals surface area contributed by atoms with Gasteiger partial charge < -0.3 is 5.32 Å². The lowest BCUT2D eigenvalue weighted by atomic mass is 10.2. The summed E-state index contributed by atoms with van der Waals surface area (Å²) in [4.78, 5) is 11.4. The summed E-state index contributed by atoms with van der Waals surface area (Å²) in [6.07, 6.45) is 0. The monoisotopic (exact) mass is 233 g/mol. The van der Waals surface area contributed by atoms with Crippen molar-refractivity contribution in [2.45, 2.75) is 13.0 Å². The van der Waals surface area contributed by atoms with Crippen LogP contribution in [0.2, 0.25) is 0 Å². The van der Waals surface area contributed by atoms with Gasteiger partial charge in [0.05, 0.1) is 0 Å². The van der Waals surface area contributed by atoms with Gasteiger partial charge in [0.15, 0.2) is 0 Å². The molecule has 15 heavy (non-hydrogen) atoms. The lowest BCUT2D eigenvalue weighted by molar-refractivity contribution is 0.0942. The minimum absolute atomic E-state index is 0.0514. The van der Waals surface area contributed by atoms with Gasteiger partial charge in [-0.3, -0.25) is 4.79 Å². The van der Waals surface area contributed by atoms with E-state index >= 15 is 0 Å². The van der Waals surface area contributed by atoms with E-state index in [1.165, 1.54) is 0 Å². The molecule has 0 saturated carbocycles. The van der Waals surface area contributed by atoms with Gasteiger partial charge in [-0.25, -0.2) is 8.78 Å². The molecule has 0 aliphatic rings. The highest BCUT2D eigenvalue weighted by Gasteiger charge is 2.11. The summed E-state index contributed by atoms with van der Waals surface area (Å²) in [6, 6.07) is 2.41. The van der Waals surface area contributed by atoms with Crippen molar-refractivity contribution in [3.63, 3.8) is 0 Å². The van der Waals surface area contributed by atoms with Crippen molar-refractivity contribution in [1.82, 2.24) is 5.32 Å². The van der Waals surface area contributed by atoms with E-state index in [4.69, 9.17) is 11.6 Å². The first-order valence-electron chi connectivity index (χ1n) is 4.36. The number of hydrogen-bond acceptors (Lipinski definition) is 1. The van der Waals surface area contributed by atoms with Crippen molar-refractivity contribution in [2.24, 2.45) is 0 Å². The average molecular weight is 234 g/mol. The highest BCUT2D eigenvalue weighted by Crippen LogP contribution is 2.08. The molecule has 0 aliphatic carbocycles. The van der Waals surface area contributed by atoms with Crippen LogP contribution in [0.3, 0.4) is 0 Å². The van der Waals surface area contributed by atoms with Crippen LogP contribution in [0.15, 0.2) is 18.2 Å². The van der Waals surface area contributed by atoms with Crippen LogP contribution in [0.5, 0.6) is 0 Å². The maximum atomic E-state index is 12.8. The Kier molecular flexibility index (Phi) is 4.03. The third kappa shape index (κ3) is 3.47. The summed E-state index contributed by atoms with van der Waals surface area (Å²) >= 11 is 5.48. The summed E-state index contributed by atoms with van der Waals surface area (Å²) in [5.41, 5.74) is -0.0514. The summed E-state index contributed by atoms with van der Waals surface area (Å²) in [7, 11) is 0. The number of carbonyl (C=O) groups excluding carboxylic acids is 1. The number of halogens is 3. The number of rotatable bonds is 3. The largest absolute Gasteiger partial charge is 0.348 e. The van der Waals surface area contributed by atoms with Crippen molar-refractivity contribution in [3.05, 3.63) is 35.4 Å². The van der Waals surface area contributed by atoms with Gasteiger partial charge in [-0.1, -0.05) is 0 Å². The van der Waals surface area contributed by atoms with Gasteiger partial charge in [-0.05, 0) is 19.1 Å². The van der Waals surface area contributed by atoms with E-state index in [1.807, 2.05) is 0 Å². The fourth-order valence-corrected chi connectivity index (χ4v) is 1.11. The second kappa shape index (κ2) is 5.07. The molecule has 0 saturated heterocycles. The van der Waals surface area contributed by atoms with E-state index in [0.29, 0.717) is 6.07 Å². The standard InChI is InChI=1S/C10H10ClF2NO/c1-6(5-11)14-10(15)7-2-8(12)4-9(13)3-7/h2-4,6H,5H2,1H3,(H,14,15). The molecule has 0 bridgehead atoms. The third-order valence-electron chi connectivity index (χ3n) is 1.73. The number of benzene rings is 1. The van der Waals surface area contributed by atoms with Crippen LogP contribution >= 0.6 is 11.6 Å². The molecule has 1 rings (SSSR count). The predicted octanol–water partition coefficient (Wildman–Crippen LogP) is 2.32. The topological polar surface area (TPSA) is 29.1 Å². The number of nitrogens with one attached hydrogen (secondary N) is 1. The van der Waals surface area contributed by atoms with E-state index in [0.717, 1.165) is 12.1 Å². The Labute approximate surface area is 91.2 Å². The molecule has 82 valence electrons. The average Bonchev–Trinajstić information content (AvgIpc) is 2.16. The molecule has 1 aromatic carbocycles. The fourth-order valence-electron chi connectivity index (χ4n) is 1.03. The zero-order chi connectivity index (χ0) is 11.4. The van der Waals surface area contributed by atoms with Crippen LogP contribution < -0.4 is 5.32 Å². The number of alkyl halides is 1. The normalized spacial score (nSPS) is 12.3. The Morgan fingerprint density at radius 3 is 2.40 bits per heavy atom. The first kappa shape index (κ1) is 11.9.